The average molecular weight is 336 g/mol. The molecule has 1 aliphatic carbocycles. The maximum absolute atomic E-state index is 12.8. The molecule has 3 rings (SSSR count). The molecular weight excluding hydrogens is 312 g/mol. The van der Waals surface area contributed by atoms with E-state index in [0.717, 1.165) is 32.1 Å². The Morgan fingerprint density at radius 1 is 1.39 bits per heavy atom. The van der Waals surface area contributed by atoms with Crippen LogP contribution in [0.4, 0.5) is 0 Å². The van der Waals surface area contributed by atoms with Gasteiger partial charge in [0.1, 0.15) is 6.04 Å². The van der Waals surface area contributed by atoms with Crippen LogP contribution in [-0.4, -0.2) is 58.5 Å². The molecule has 0 aromatic carbocycles. The Kier molecular flexibility index (Phi) is 4.73. The zero-order valence-electron chi connectivity index (χ0n) is 13.5. The van der Waals surface area contributed by atoms with Gasteiger partial charge in [-0.05, 0) is 37.1 Å². The van der Waals surface area contributed by atoms with E-state index in [1.165, 1.54) is 11.3 Å². The van der Waals surface area contributed by atoms with E-state index < -0.39 is 5.60 Å². The molecule has 2 aliphatic rings. The summed E-state index contributed by atoms with van der Waals surface area (Å²) in [6.07, 6.45) is 5.11. The molecule has 2 amide bonds. The van der Waals surface area contributed by atoms with E-state index in [2.05, 4.69) is 0 Å². The molecule has 0 bridgehead atoms. The molecule has 1 atom stereocenters. The lowest BCUT2D eigenvalue weighted by Gasteiger charge is -2.32. The molecule has 0 radical (unpaired) electrons. The summed E-state index contributed by atoms with van der Waals surface area (Å²) in [4.78, 5) is 29.4. The van der Waals surface area contributed by atoms with Gasteiger partial charge < -0.3 is 14.9 Å². The van der Waals surface area contributed by atoms with Crippen molar-refractivity contribution >= 4 is 23.2 Å². The van der Waals surface area contributed by atoms with Crippen molar-refractivity contribution in [2.75, 3.05) is 20.1 Å². The van der Waals surface area contributed by atoms with E-state index in [9.17, 15) is 14.7 Å². The minimum absolute atomic E-state index is 0.0484. The first kappa shape index (κ1) is 16.5. The third-order valence-corrected chi connectivity index (χ3v) is 5.83. The van der Waals surface area contributed by atoms with Gasteiger partial charge in [-0.1, -0.05) is 18.9 Å². The molecule has 0 spiro atoms. The topological polar surface area (TPSA) is 60.9 Å². The zero-order valence-corrected chi connectivity index (χ0v) is 14.3. The highest BCUT2D eigenvalue weighted by atomic mass is 32.1. The maximum atomic E-state index is 12.8. The Labute approximate surface area is 140 Å². The van der Waals surface area contributed by atoms with Crippen LogP contribution in [0.15, 0.2) is 17.5 Å². The standard InChI is InChI=1S/C17H24N2O3S/c1-18(12-17(22)8-2-3-9-17)15(20)13-6-4-10-19(13)16(21)14-7-5-11-23-14/h5,7,11,13,22H,2-4,6,8-10,12H2,1H3/t13-/m0/s1. The molecule has 0 unspecified atom stereocenters. The van der Waals surface area contributed by atoms with Gasteiger partial charge in [0.2, 0.25) is 5.91 Å². The molecule has 2 heterocycles. The number of rotatable bonds is 4. The van der Waals surface area contributed by atoms with Crippen LogP contribution in [0.1, 0.15) is 48.2 Å². The Bertz CT molecular complexity index is 566. The van der Waals surface area contributed by atoms with Crippen molar-refractivity contribution in [3.8, 4) is 0 Å². The van der Waals surface area contributed by atoms with E-state index in [0.29, 0.717) is 24.4 Å². The van der Waals surface area contributed by atoms with Gasteiger partial charge in [-0.3, -0.25) is 9.59 Å². The van der Waals surface area contributed by atoms with Gasteiger partial charge >= 0.3 is 0 Å². The summed E-state index contributed by atoms with van der Waals surface area (Å²) in [7, 11) is 1.74. The van der Waals surface area contributed by atoms with Crippen LogP contribution in [0.2, 0.25) is 0 Å². The smallest absolute Gasteiger partial charge is 0.264 e. The van der Waals surface area contributed by atoms with Gasteiger partial charge in [-0.15, -0.1) is 11.3 Å². The van der Waals surface area contributed by atoms with Gasteiger partial charge in [0.25, 0.3) is 5.91 Å². The molecule has 1 aliphatic heterocycles. The summed E-state index contributed by atoms with van der Waals surface area (Å²) >= 11 is 1.41. The van der Waals surface area contributed by atoms with Crippen molar-refractivity contribution in [2.45, 2.75) is 50.2 Å². The molecular formula is C17H24N2O3S. The number of amides is 2. The number of aliphatic hydroxyl groups is 1. The molecule has 5 nitrogen and oxygen atoms in total. The largest absolute Gasteiger partial charge is 0.388 e. The van der Waals surface area contributed by atoms with Crippen molar-refractivity contribution < 1.29 is 14.7 Å². The molecule has 1 aromatic rings. The van der Waals surface area contributed by atoms with Crippen molar-refractivity contribution in [3.05, 3.63) is 22.4 Å². The molecule has 1 aromatic heterocycles. The highest BCUT2D eigenvalue weighted by Gasteiger charge is 2.39. The number of carbonyl (C=O) groups is 2. The monoisotopic (exact) mass is 336 g/mol. The van der Waals surface area contributed by atoms with Crippen molar-refractivity contribution in [1.82, 2.24) is 9.80 Å². The number of hydrogen-bond donors (Lipinski definition) is 1. The molecule has 1 saturated heterocycles. The van der Waals surface area contributed by atoms with E-state index in [4.69, 9.17) is 0 Å². The normalized spacial score (nSPS) is 23.2. The van der Waals surface area contributed by atoms with E-state index >= 15 is 0 Å². The minimum Gasteiger partial charge on any atom is -0.388 e. The molecule has 1 N–H and O–H groups in total. The van der Waals surface area contributed by atoms with Crippen LogP contribution in [0.25, 0.3) is 0 Å². The second-order valence-corrected chi connectivity index (χ2v) is 7.71. The first-order chi connectivity index (χ1) is 11.0. The summed E-state index contributed by atoms with van der Waals surface area (Å²) in [6, 6.07) is 3.27. The van der Waals surface area contributed by atoms with E-state index in [1.807, 2.05) is 11.4 Å². The second-order valence-electron chi connectivity index (χ2n) is 6.76. The quantitative estimate of drug-likeness (QED) is 0.916. The van der Waals surface area contributed by atoms with E-state index in [-0.39, 0.29) is 17.9 Å². The van der Waals surface area contributed by atoms with Crippen LogP contribution < -0.4 is 0 Å². The Morgan fingerprint density at radius 3 is 2.78 bits per heavy atom. The second kappa shape index (κ2) is 6.61. The Morgan fingerprint density at radius 2 is 2.13 bits per heavy atom. The first-order valence-corrected chi connectivity index (χ1v) is 9.20. The van der Waals surface area contributed by atoms with E-state index in [1.54, 1.807) is 22.9 Å². The maximum Gasteiger partial charge on any atom is 0.264 e. The van der Waals surface area contributed by atoms with Crippen molar-refractivity contribution in [2.24, 2.45) is 0 Å². The van der Waals surface area contributed by atoms with Gasteiger partial charge in [0.05, 0.1) is 10.5 Å². The highest BCUT2D eigenvalue weighted by molar-refractivity contribution is 7.12. The van der Waals surface area contributed by atoms with Gasteiger partial charge in [-0.25, -0.2) is 0 Å². The van der Waals surface area contributed by atoms with Crippen LogP contribution in [0.5, 0.6) is 0 Å². The number of likely N-dealkylation sites (N-methyl/N-ethyl adjacent to an activating group) is 1. The van der Waals surface area contributed by atoms with Gasteiger partial charge in [-0.2, -0.15) is 0 Å². The third kappa shape index (κ3) is 3.43. The lowest BCUT2D eigenvalue weighted by molar-refractivity contribution is -0.137. The van der Waals surface area contributed by atoms with Crippen molar-refractivity contribution in [1.29, 1.82) is 0 Å². The average Bonchev–Trinajstić information content (AvgIpc) is 3.27. The number of carbonyl (C=O) groups excluding carboxylic acids is 2. The minimum atomic E-state index is -0.744. The molecule has 23 heavy (non-hydrogen) atoms. The lowest BCUT2D eigenvalue weighted by atomic mass is 10.0. The zero-order chi connectivity index (χ0) is 16.4. The van der Waals surface area contributed by atoms with Crippen LogP contribution in [0.3, 0.4) is 0 Å². The molecule has 6 heteroatoms. The fourth-order valence-corrected chi connectivity index (χ4v) is 4.45. The van der Waals surface area contributed by atoms with Crippen LogP contribution in [-0.2, 0) is 4.79 Å². The summed E-state index contributed by atoms with van der Waals surface area (Å²) < 4.78 is 0. The van der Waals surface area contributed by atoms with Gasteiger partial charge in [0.15, 0.2) is 0 Å². The molecule has 2 fully saturated rings. The number of thiophene rings is 1. The highest BCUT2D eigenvalue weighted by Crippen LogP contribution is 2.31. The Hall–Kier alpha value is -1.40. The summed E-state index contributed by atoms with van der Waals surface area (Å²) in [6.45, 7) is 0.995. The summed E-state index contributed by atoms with van der Waals surface area (Å²) in [5.74, 6) is -0.100. The fraction of sp³-hybridized carbons (Fsp3) is 0.647. The molecule has 1 saturated carbocycles. The lowest BCUT2D eigenvalue weighted by Crippen LogP contribution is -2.50. The van der Waals surface area contributed by atoms with Crippen molar-refractivity contribution in [3.63, 3.8) is 0 Å². The number of nitrogens with zero attached hydrogens (tertiary/aromatic N) is 2. The fourth-order valence-electron chi connectivity index (χ4n) is 3.77. The third-order valence-electron chi connectivity index (χ3n) is 4.97. The summed E-state index contributed by atoms with van der Waals surface area (Å²) in [5, 5.41) is 12.4. The predicted octanol–water partition coefficient (Wildman–Crippen LogP) is 2.12. The first-order valence-electron chi connectivity index (χ1n) is 8.32. The van der Waals surface area contributed by atoms with Crippen LogP contribution in [0, 0.1) is 0 Å². The SMILES string of the molecule is CN(CC1(O)CCCC1)C(=O)[C@@H]1CCCN1C(=O)c1cccs1. The predicted molar refractivity (Wildman–Crippen MR) is 89.4 cm³/mol. The molecule has 126 valence electrons. The van der Waals surface area contributed by atoms with Crippen LogP contribution >= 0.6 is 11.3 Å². The Balaban J connectivity index is 1.66. The number of hydrogen-bond acceptors (Lipinski definition) is 4. The number of likely N-dealkylation sites (tertiary alicyclic amines) is 1. The summed E-state index contributed by atoms with van der Waals surface area (Å²) in [5.41, 5.74) is -0.744. The van der Waals surface area contributed by atoms with Gasteiger partial charge in [0, 0.05) is 20.1 Å².